The highest BCUT2D eigenvalue weighted by Gasteiger charge is 2.14. The Morgan fingerprint density at radius 1 is 1.11 bits per heavy atom. The fourth-order valence-corrected chi connectivity index (χ4v) is 1.62. The van der Waals surface area contributed by atoms with Crippen molar-refractivity contribution in [3.8, 4) is 5.75 Å². The van der Waals surface area contributed by atoms with Gasteiger partial charge in [0.05, 0.1) is 11.1 Å². The number of rotatable bonds is 5. The molecule has 0 amide bonds. The molecule has 0 saturated carbocycles. The van der Waals surface area contributed by atoms with E-state index in [0.29, 0.717) is 0 Å². The van der Waals surface area contributed by atoms with Crippen LogP contribution in [0.1, 0.15) is 20.7 Å². The molecule has 0 aliphatic heterocycles. The number of carboxylic acids is 2. The average molecular weight is 272 g/mol. The number of carboxylic acid groups (broad SMARTS) is 2. The first kappa shape index (κ1) is 14.3. The first-order chi connectivity index (χ1) is 8.19. The number of carbonyl (C=O) groups is 2. The number of aromatic carboxylic acids is 2. The van der Waals surface area contributed by atoms with E-state index in [-0.39, 0.29) is 23.2 Å². The Morgan fingerprint density at radius 3 is 1.89 bits per heavy atom. The van der Waals surface area contributed by atoms with E-state index >= 15 is 0 Å². The van der Waals surface area contributed by atoms with Crippen LogP contribution < -0.4 is 4.74 Å². The van der Waals surface area contributed by atoms with Crippen LogP contribution >= 0.6 is 7.14 Å². The van der Waals surface area contributed by atoms with E-state index in [4.69, 9.17) is 14.9 Å². The van der Waals surface area contributed by atoms with Crippen LogP contribution in [0.4, 0.5) is 0 Å². The van der Waals surface area contributed by atoms with Crippen LogP contribution in [0.2, 0.25) is 0 Å². The van der Waals surface area contributed by atoms with E-state index < -0.39 is 19.1 Å². The van der Waals surface area contributed by atoms with Gasteiger partial charge in [-0.1, -0.05) is 0 Å². The third-order valence-electron chi connectivity index (χ3n) is 1.94. The van der Waals surface area contributed by atoms with Crippen LogP contribution in [0.3, 0.4) is 0 Å². The van der Waals surface area contributed by atoms with Gasteiger partial charge in [0.2, 0.25) is 0 Å². The fraction of sp³-hybridized carbons (Fsp3) is 0.273. The van der Waals surface area contributed by atoms with Gasteiger partial charge >= 0.3 is 11.9 Å². The second-order valence-electron chi connectivity index (χ2n) is 4.20. The SMILES string of the molecule is CP(C)(=O)COc1cc(C(=O)O)cc(C(=O)O)c1. The lowest BCUT2D eigenvalue weighted by molar-refractivity contribution is 0.0696. The molecule has 0 atom stereocenters. The molecule has 1 aromatic rings. The van der Waals surface area contributed by atoms with Crippen molar-refractivity contribution >= 4 is 19.1 Å². The summed E-state index contributed by atoms with van der Waals surface area (Å²) in [4.78, 5) is 21.7. The standard InChI is InChI=1S/C11H13O6P/c1-18(2,16)6-17-9-4-7(10(12)13)3-8(5-9)11(14)15/h3-5H,6H2,1-2H3,(H,12,13)(H,14,15). The van der Waals surface area contributed by atoms with E-state index in [1.54, 1.807) is 0 Å². The second kappa shape index (κ2) is 5.23. The lowest BCUT2D eigenvalue weighted by Gasteiger charge is -2.10. The smallest absolute Gasteiger partial charge is 0.335 e. The zero-order chi connectivity index (χ0) is 13.9. The highest BCUT2D eigenvalue weighted by Crippen LogP contribution is 2.36. The van der Waals surface area contributed by atoms with Gasteiger partial charge in [0.25, 0.3) is 0 Å². The van der Waals surface area contributed by atoms with Gasteiger partial charge in [-0.3, -0.25) is 0 Å². The molecule has 1 aromatic carbocycles. The zero-order valence-corrected chi connectivity index (χ0v) is 10.8. The minimum absolute atomic E-state index is 0.0743. The highest BCUT2D eigenvalue weighted by atomic mass is 31.2. The van der Waals surface area contributed by atoms with Crippen molar-refractivity contribution in [2.45, 2.75) is 0 Å². The summed E-state index contributed by atoms with van der Waals surface area (Å²) >= 11 is 0. The zero-order valence-electron chi connectivity index (χ0n) is 9.91. The monoisotopic (exact) mass is 272 g/mol. The lowest BCUT2D eigenvalue weighted by Crippen LogP contribution is -2.05. The van der Waals surface area contributed by atoms with Crippen LogP contribution in [0.15, 0.2) is 18.2 Å². The Hall–Kier alpha value is -1.81. The van der Waals surface area contributed by atoms with Gasteiger partial charge in [-0.25, -0.2) is 9.59 Å². The van der Waals surface area contributed by atoms with Crippen molar-refractivity contribution in [1.82, 2.24) is 0 Å². The molecule has 0 fully saturated rings. The first-order valence-corrected chi connectivity index (χ1v) is 7.76. The normalized spacial score (nSPS) is 11.0. The van der Waals surface area contributed by atoms with Gasteiger partial charge in [-0.15, -0.1) is 0 Å². The molecule has 7 heteroatoms. The molecule has 0 aromatic heterocycles. The molecule has 6 nitrogen and oxygen atoms in total. The predicted molar refractivity (Wildman–Crippen MR) is 65.3 cm³/mol. The maximum absolute atomic E-state index is 11.5. The summed E-state index contributed by atoms with van der Waals surface area (Å²) in [5.74, 6) is -2.42. The van der Waals surface area contributed by atoms with Crippen LogP contribution in [-0.4, -0.2) is 41.8 Å². The Kier molecular flexibility index (Phi) is 4.14. The summed E-state index contributed by atoms with van der Waals surface area (Å²) in [5, 5.41) is 17.7. The summed E-state index contributed by atoms with van der Waals surface area (Å²) in [5.41, 5.74) is -0.376. The molecule has 0 spiro atoms. The van der Waals surface area contributed by atoms with Crippen LogP contribution in [0.25, 0.3) is 0 Å². The van der Waals surface area contributed by atoms with E-state index in [9.17, 15) is 14.2 Å². The van der Waals surface area contributed by atoms with Gasteiger partial charge in [0.15, 0.2) is 0 Å². The summed E-state index contributed by atoms with van der Waals surface area (Å²) in [6.07, 6.45) is -0.0743. The van der Waals surface area contributed by atoms with E-state index in [0.717, 1.165) is 6.07 Å². The van der Waals surface area contributed by atoms with Crippen molar-refractivity contribution in [3.63, 3.8) is 0 Å². The molecule has 0 unspecified atom stereocenters. The molecule has 1 rings (SSSR count). The van der Waals surface area contributed by atoms with Gasteiger partial charge < -0.3 is 19.5 Å². The van der Waals surface area contributed by atoms with Crippen LogP contribution in [-0.2, 0) is 4.57 Å². The Morgan fingerprint density at radius 2 is 1.56 bits per heavy atom. The molecule has 98 valence electrons. The minimum atomic E-state index is -2.43. The molecule has 0 bridgehead atoms. The molecular formula is C11H13O6P. The first-order valence-electron chi connectivity index (χ1n) is 4.97. The van der Waals surface area contributed by atoms with Crippen molar-refractivity contribution in [2.24, 2.45) is 0 Å². The molecule has 0 radical (unpaired) electrons. The van der Waals surface area contributed by atoms with E-state index in [1.807, 2.05) is 0 Å². The summed E-state index contributed by atoms with van der Waals surface area (Å²) in [6.45, 7) is 3.04. The van der Waals surface area contributed by atoms with E-state index in [1.165, 1.54) is 25.5 Å². The topological polar surface area (TPSA) is 101 Å². The number of hydrogen-bond donors (Lipinski definition) is 2. The summed E-state index contributed by atoms with van der Waals surface area (Å²) < 4.78 is 16.6. The van der Waals surface area contributed by atoms with Gasteiger partial charge in [-0.2, -0.15) is 0 Å². The third kappa shape index (κ3) is 4.22. The second-order valence-corrected chi connectivity index (χ2v) is 7.61. The lowest BCUT2D eigenvalue weighted by atomic mass is 10.1. The van der Waals surface area contributed by atoms with Crippen molar-refractivity contribution in [1.29, 1.82) is 0 Å². The molecule has 18 heavy (non-hydrogen) atoms. The molecule has 0 saturated heterocycles. The van der Waals surface area contributed by atoms with Crippen LogP contribution in [0.5, 0.6) is 5.75 Å². The fourth-order valence-electron chi connectivity index (χ4n) is 1.16. The minimum Gasteiger partial charge on any atom is -0.486 e. The maximum atomic E-state index is 11.5. The molecule has 0 aliphatic carbocycles. The van der Waals surface area contributed by atoms with Gasteiger partial charge in [-0.05, 0) is 31.5 Å². The van der Waals surface area contributed by atoms with Crippen molar-refractivity contribution in [2.75, 3.05) is 19.7 Å². The summed E-state index contributed by atoms with van der Waals surface area (Å²) in [7, 11) is -2.43. The van der Waals surface area contributed by atoms with Gasteiger partial charge in [0.1, 0.15) is 19.2 Å². The number of hydrogen-bond acceptors (Lipinski definition) is 4. The van der Waals surface area contributed by atoms with Crippen molar-refractivity contribution in [3.05, 3.63) is 29.3 Å². The molecule has 0 heterocycles. The third-order valence-corrected chi connectivity index (χ3v) is 2.69. The summed E-state index contributed by atoms with van der Waals surface area (Å²) in [6, 6.07) is 3.43. The number of ether oxygens (including phenoxy) is 1. The quantitative estimate of drug-likeness (QED) is 0.795. The molecule has 0 aliphatic rings. The largest absolute Gasteiger partial charge is 0.486 e. The molecule has 2 N–H and O–H groups in total. The maximum Gasteiger partial charge on any atom is 0.335 e. The highest BCUT2D eigenvalue weighted by molar-refractivity contribution is 7.62. The van der Waals surface area contributed by atoms with Crippen molar-refractivity contribution < 1.29 is 29.1 Å². The Bertz CT molecular complexity index is 498. The average Bonchev–Trinajstić information content (AvgIpc) is 2.25. The Labute approximate surface area is 104 Å². The predicted octanol–water partition coefficient (Wildman–Crippen LogP) is 2.04. The molecular weight excluding hydrogens is 259 g/mol. The Balaban J connectivity index is 3.07. The van der Waals surface area contributed by atoms with Gasteiger partial charge in [0, 0.05) is 0 Å². The van der Waals surface area contributed by atoms with E-state index in [2.05, 4.69) is 0 Å². The number of benzene rings is 1. The van der Waals surface area contributed by atoms with Crippen LogP contribution in [0, 0.1) is 0 Å².